The zero-order valence-electron chi connectivity index (χ0n) is 11.5. The summed E-state index contributed by atoms with van der Waals surface area (Å²) in [6.07, 6.45) is 0. The van der Waals surface area contributed by atoms with Crippen molar-refractivity contribution >= 4 is 18.9 Å². The molecule has 0 saturated carbocycles. The van der Waals surface area contributed by atoms with Crippen LogP contribution in [0.15, 0.2) is 49.0 Å². The Morgan fingerprint density at radius 3 is 2.55 bits per heavy atom. The highest BCUT2D eigenvalue weighted by Crippen LogP contribution is 2.27. The Hall–Kier alpha value is -2.10. The van der Waals surface area contributed by atoms with E-state index in [0.29, 0.717) is 0 Å². The maximum absolute atomic E-state index is 12.2. The van der Waals surface area contributed by atoms with Crippen molar-refractivity contribution in [2.75, 3.05) is 0 Å². The summed E-state index contributed by atoms with van der Waals surface area (Å²) in [5, 5.41) is 0. The molecule has 0 spiro atoms. The van der Waals surface area contributed by atoms with E-state index >= 15 is 0 Å². The van der Waals surface area contributed by atoms with E-state index < -0.39 is 6.61 Å². The maximum atomic E-state index is 12.2. The number of halogens is 2. The summed E-state index contributed by atoms with van der Waals surface area (Å²) < 4.78 is 28.8. The molecule has 0 unspecified atom stereocenters. The van der Waals surface area contributed by atoms with Crippen LogP contribution < -0.4 is 10.2 Å². The first-order valence-corrected chi connectivity index (χ1v) is 6.29. The van der Waals surface area contributed by atoms with Crippen LogP contribution >= 0.6 is 0 Å². The van der Waals surface area contributed by atoms with Gasteiger partial charge in [0.15, 0.2) is 0 Å². The van der Waals surface area contributed by atoms with Crippen LogP contribution in [-0.4, -0.2) is 14.5 Å². The van der Waals surface area contributed by atoms with Gasteiger partial charge in [0.1, 0.15) is 13.6 Å². The van der Waals surface area contributed by atoms with Gasteiger partial charge in [0.25, 0.3) is 0 Å². The number of rotatable bonds is 4. The van der Waals surface area contributed by atoms with Gasteiger partial charge in [-0.2, -0.15) is 8.78 Å². The predicted octanol–water partition coefficient (Wildman–Crippen LogP) is 2.92. The molecule has 0 heterocycles. The SMILES string of the molecule is Bc1cccc(C(=C)c2ccc(OC(F)F)cc2C)c1. The number of ether oxygens (including phenoxy) is 1. The lowest BCUT2D eigenvalue weighted by Crippen LogP contribution is -2.04. The lowest BCUT2D eigenvalue weighted by molar-refractivity contribution is -0.0498. The summed E-state index contributed by atoms with van der Waals surface area (Å²) in [4.78, 5) is 0. The fourth-order valence-corrected chi connectivity index (χ4v) is 2.14. The van der Waals surface area contributed by atoms with Crippen molar-refractivity contribution in [1.29, 1.82) is 0 Å². The van der Waals surface area contributed by atoms with Crippen LogP contribution in [0.2, 0.25) is 0 Å². The van der Waals surface area contributed by atoms with Gasteiger partial charge in [-0.1, -0.05) is 42.4 Å². The van der Waals surface area contributed by atoms with Crippen molar-refractivity contribution in [3.63, 3.8) is 0 Å². The molecule has 0 atom stereocenters. The Morgan fingerprint density at radius 2 is 1.95 bits per heavy atom. The molecule has 2 aromatic rings. The Labute approximate surface area is 118 Å². The predicted molar refractivity (Wildman–Crippen MR) is 80.6 cm³/mol. The highest BCUT2D eigenvalue weighted by atomic mass is 19.3. The van der Waals surface area contributed by atoms with Crippen molar-refractivity contribution in [3.05, 3.63) is 65.7 Å². The molecule has 102 valence electrons. The van der Waals surface area contributed by atoms with Crippen LogP contribution in [0.4, 0.5) is 8.78 Å². The first-order chi connectivity index (χ1) is 9.47. The standard InChI is InChI=1S/C16H15BF2O/c1-10-8-14(20-16(18)19)6-7-15(10)11(2)12-4-3-5-13(17)9-12/h3-9,16H,2,17H2,1H3. The van der Waals surface area contributed by atoms with Gasteiger partial charge in [0.05, 0.1) is 0 Å². The third-order valence-electron chi connectivity index (χ3n) is 3.11. The van der Waals surface area contributed by atoms with Gasteiger partial charge in [-0.25, -0.2) is 0 Å². The molecule has 0 aliphatic heterocycles. The average molecular weight is 272 g/mol. The van der Waals surface area contributed by atoms with E-state index in [1.807, 2.05) is 39.0 Å². The minimum absolute atomic E-state index is 0.165. The highest BCUT2D eigenvalue weighted by molar-refractivity contribution is 6.32. The van der Waals surface area contributed by atoms with Gasteiger partial charge in [-0.05, 0) is 41.3 Å². The minimum atomic E-state index is -2.81. The summed E-state index contributed by atoms with van der Waals surface area (Å²) in [6.45, 7) is 3.15. The fourth-order valence-electron chi connectivity index (χ4n) is 2.14. The second kappa shape index (κ2) is 5.91. The molecule has 0 bridgehead atoms. The average Bonchev–Trinajstić information content (AvgIpc) is 2.37. The number of hydrogen-bond acceptors (Lipinski definition) is 1. The molecule has 4 heteroatoms. The largest absolute Gasteiger partial charge is 0.435 e. The quantitative estimate of drug-likeness (QED) is 0.777. The maximum Gasteiger partial charge on any atom is 0.387 e. The molecule has 0 radical (unpaired) electrons. The zero-order chi connectivity index (χ0) is 14.7. The van der Waals surface area contributed by atoms with Crippen molar-refractivity contribution in [3.8, 4) is 5.75 Å². The second-order valence-electron chi connectivity index (χ2n) is 4.70. The molecule has 0 aromatic heterocycles. The molecule has 1 nitrogen and oxygen atoms in total. The molecule has 0 fully saturated rings. The lowest BCUT2D eigenvalue weighted by atomic mass is 9.89. The number of benzene rings is 2. The molecular formula is C16H15BF2O. The van der Waals surface area contributed by atoms with Crippen LogP contribution in [0.1, 0.15) is 16.7 Å². The van der Waals surface area contributed by atoms with Gasteiger partial charge < -0.3 is 4.74 Å². The first kappa shape index (κ1) is 14.3. The number of aryl methyl sites for hydroxylation is 1. The van der Waals surface area contributed by atoms with Crippen molar-refractivity contribution in [2.24, 2.45) is 0 Å². The third kappa shape index (κ3) is 3.26. The van der Waals surface area contributed by atoms with Crippen LogP contribution in [0.5, 0.6) is 5.75 Å². The van der Waals surface area contributed by atoms with Crippen LogP contribution in [0.3, 0.4) is 0 Å². The Morgan fingerprint density at radius 1 is 1.20 bits per heavy atom. The summed E-state index contributed by atoms with van der Waals surface area (Å²) in [6, 6.07) is 12.9. The lowest BCUT2D eigenvalue weighted by Gasteiger charge is -2.12. The van der Waals surface area contributed by atoms with E-state index in [4.69, 9.17) is 0 Å². The smallest absolute Gasteiger partial charge is 0.387 e. The molecule has 0 saturated heterocycles. The van der Waals surface area contributed by atoms with E-state index in [1.54, 1.807) is 12.1 Å². The number of alkyl halides is 2. The minimum Gasteiger partial charge on any atom is -0.435 e. The molecule has 2 aromatic carbocycles. The Kier molecular flexibility index (Phi) is 4.23. The summed E-state index contributed by atoms with van der Waals surface area (Å²) in [5.74, 6) is 0.165. The summed E-state index contributed by atoms with van der Waals surface area (Å²) >= 11 is 0. The van der Waals surface area contributed by atoms with Gasteiger partial charge in [-0.3, -0.25) is 0 Å². The molecular weight excluding hydrogens is 257 g/mol. The van der Waals surface area contributed by atoms with Gasteiger partial charge in [0, 0.05) is 0 Å². The van der Waals surface area contributed by atoms with E-state index in [0.717, 1.165) is 27.7 Å². The molecule has 0 aliphatic rings. The van der Waals surface area contributed by atoms with Gasteiger partial charge in [0.2, 0.25) is 0 Å². The zero-order valence-corrected chi connectivity index (χ0v) is 11.5. The van der Waals surface area contributed by atoms with Crippen molar-refractivity contribution in [1.82, 2.24) is 0 Å². The van der Waals surface area contributed by atoms with Crippen molar-refractivity contribution in [2.45, 2.75) is 13.5 Å². The van der Waals surface area contributed by atoms with E-state index in [9.17, 15) is 8.78 Å². The molecule has 0 N–H and O–H groups in total. The molecule has 20 heavy (non-hydrogen) atoms. The highest BCUT2D eigenvalue weighted by Gasteiger charge is 2.09. The second-order valence-corrected chi connectivity index (χ2v) is 4.70. The Balaban J connectivity index is 2.31. The van der Waals surface area contributed by atoms with Crippen LogP contribution in [0.25, 0.3) is 5.57 Å². The first-order valence-electron chi connectivity index (χ1n) is 6.29. The van der Waals surface area contributed by atoms with Crippen LogP contribution in [-0.2, 0) is 0 Å². The van der Waals surface area contributed by atoms with Crippen molar-refractivity contribution < 1.29 is 13.5 Å². The molecule has 0 amide bonds. The van der Waals surface area contributed by atoms with Gasteiger partial charge >= 0.3 is 6.61 Å². The van der Waals surface area contributed by atoms with Gasteiger partial charge in [-0.15, -0.1) is 0 Å². The van der Waals surface area contributed by atoms with E-state index in [-0.39, 0.29) is 5.75 Å². The molecule has 0 aliphatic carbocycles. The summed E-state index contributed by atoms with van der Waals surface area (Å²) in [7, 11) is 2.02. The fraction of sp³-hybridized carbons (Fsp3) is 0.125. The summed E-state index contributed by atoms with van der Waals surface area (Å²) in [5.41, 5.74) is 4.83. The normalized spacial score (nSPS) is 10.6. The number of hydrogen-bond donors (Lipinski definition) is 0. The van der Waals surface area contributed by atoms with E-state index in [1.165, 1.54) is 6.07 Å². The topological polar surface area (TPSA) is 9.23 Å². The monoisotopic (exact) mass is 272 g/mol. The van der Waals surface area contributed by atoms with E-state index in [2.05, 4.69) is 11.3 Å². The van der Waals surface area contributed by atoms with Crippen LogP contribution in [0, 0.1) is 6.92 Å². The third-order valence-corrected chi connectivity index (χ3v) is 3.11. The Bertz CT molecular complexity index is 638. The molecule has 2 rings (SSSR count).